The zero-order chi connectivity index (χ0) is 14.5. The van der Waals surface area contributed by atoms with Crippen molar-refractivity contribution in [2.75, 3.05) is 19.6 Å². The molecule has 1 amide bonds. The first-order chi connectivity index (χ1) is 8.95. The second kappa shape index (κ2) is 6.89. The molecule has 1 aliphatic rings. The summed E-state index contributed by atoms with van der Waals surface area (Å²) in [5, 5.41) is 9.30. The van der Waals surface area contributed by atoms with Crippen molar-refractivity contribution in [2.45, 2.75) is 46.0 Å². The van der Waals surface area contributed by atoms with Crippen molar-refractivity contribution in [3.8, 4) is 0 Å². The second-order valence-electron chi connectivity index (χ2n) is 5.70. The molecule has 1 unspecified atom stereocenters. The lowest BCUT2D eigenvalue weighted by molar-refractivity contribution is -0.154. The molecule has 0 aromatic heterocycles. The average molecular weight is 270 g/mol. The van der Waals surface area contributed by atoms with E-state index in [1.54, 1.807) is 4.90 Å². The Hall–Kier alpha value is -1.10. The number of nitrogens with zero attached hydrogens (tertiary/aromatic N) is 1. The first kappa shape index (κ1) is 16.0. The summed E-state index contributed by atoms with van der Waals surface area (Å²) >= 11 is 0. The van der Waals surface area contributed by atoms with E-state index < -0.39 is 11.4 Å². The molecule has 1 saturated heterocycles. The predicted octanol–water partition coefficient (Wildman–Crippen LogP) is 1.46. The van der Waals surface area contributed by atoms with Crippen LogP contribution in [0.1, 0.15) is 46.0 Å². The van der Waals surface area contributed by atoms with Gasteiger partial charge in [-0.25, -0.2) is 0 Å². The van der Waals surface area contributed by atoms with Crippen LogP contribution in [-0.2, 0) is 9.59 Å². The zero-order valence-electron chi connectivity index (χ0n) is 12.0. The van der Waals surface area contributed by atoms with Crippen molar-refractivity contribution in [2.24, 2.45) is 17.1 Å². The van der Waals surface area contributed by atoms with Crippen LogP contribution in [0.3, 0.4) is 0 Å². The predicted molar refractivity (Wildman–Crippen MR) is 73.6 cm³/mol. The van der Waals surface area contributed by atoms with Crippen LogP contribution in [0, 0.1) is 11.3 Å². The molecule has 0 bridgehead atoms. The first-order valence-electron chi connectivity index (χ1n) is 7.16. The van der Waals surface area contributed by atoms with Crippen LogP contribution in [0.25, 0.3) is 0 Å². The summed E-state index contributed by atoms with van der Waals surface area (Å²) in [6.45, 7) is 5.68. The minimum atomic E-state index is -0.723. The highest BCUT2D eigenvalue weighted by Gasteiger charge is 2.40. The molecular weight excluding hydrogens is 244 g/mol. The summed E-state index contributed by atoms with van der Waals surface area (Å²) < 4.78 is 0. The molecule has 0 radical (unpaired) electrons. The molecule has 5 heteroatoms. The fraction of sp³-hybridized carbons (Fsp3) is 0.857. The third kappa shape index (κ3) is 3.93. The molecule has 19 heavy (non-hydrogen) atoms. The van der Waals surface area contributed by atoms with Crippen LogP contribution in [-0.4, -0.2) is 41.5 Å². The molecular formula is C14H26N2O3. The van der Waals surface area contributed by atoms with Crippen LogP contribution in [0.5, 0.6) is 0 Å². The van der Waals surface area contributed by atoms with Gasteiger partial charge < -0.3 is 15.7 Å². The van der Waals surface area contributed by atoms with Gasteiger partial charge in [0.2, 0.25) is 5.91 Å². The molecule has 0 spiro atoms. The largest absolute Gasteiger partial charge is 0.481 e. The number of hydrogen-bond acceptors (Lipinski definition) is 3. The molecule has 0 aromatic carbocycles. The molecule has 0 aliphatic carbocycles. The van der Waals surface area contributed by atoms with Crippen molar-refractivity contribution in [1.29, 1.82) is 0 Å². The Morgan fingerprint density at radius 3 is 2.37 bits per heavy atom. The summed E-state index contributed by atoms with van der Waals surface area (Å²) in [4.78, 5) is 25.2. The lowest BCUT2D eigenvalue weighted by atomic mass is 9.76. The van der Waals surface area contributed by atoms with E-state index in [-0.39, 0.29) is 5.91 Å². The minimum absolute atomic E-state index is 0.135. The molecule has 1 atom stereocenters. The van der Waals surface area contributed by atoms with Crippen molar-refractivity contribution in [3.05, 3.63) is 0 Å². The smallest absolute Gasteiger partial charge is 0.309 e. The van der Waals surface area contributed by atoms with Gasteiger partial charge in [-0.05, 0) is 38.1 Å². The third-order valence-electron chi connectivity index (χ3n) is 4.46. The summed E-state index contributed by atoms with van der Waals surface area (Å²) in [5.74, 6) is -0.225. The van der Waals surface area contributed by atoms with E-state index >= 15 is 0 Å². The van der Waals surface area contributed by atoms with Gasteiger partial charge in [0, 0.05) is 19.5 Å². The van der Waals surface area contributed by atoms with E-state index in [0.717, 1.165) is 6.42 Å². The number of carboxylic acids is 1. The maximum atomic E-state index is 12.0. The first-order valence-corrected chi connectivity index (χ1v) is 7.16. The standard InChI is InChI=1S/C14H26N2O3/c1-3-14(13(18)19)6-8-16(9-7-14)12(17)5-4-11(2)10-15/h11H,3-10,15H2,1-2H3,(H,18,19). The maximum Gasteiger partial charge on any atom is 0.309 e. The van der Waals surface area contributed by atoms with Gasteiger partial charge in [0.25, 0.3) is 0 Å². The van der Waals surface area contributed by atoms with E-state index in [4.69, 9.17) is 5.73 Å². The van der Waals surface area contributed by atoms with Gasteiger partial charge in [-0.3, -0.25) is 9.59 Å². The fourth-order valence-electron chi connectivity index (χ4n) is 2.55. The summed E-state index contributed by atoms with van der Waals surface area (Å²) in [7, 11) is 0. The molecule has 0 saturated carbocycles. The Kier molecular flexibility index (Phi) is 5.79. The quantitative estimate of drug-likeness (QED) is 0.765. The van der Waals surface area contributed by atoms with Gasteiger partial charge in [0.15, 0.2) is 0 Å². The number of amides is 1. The monoisotopic (exact) mass is 270 g/mol. The Morgan fingerprint density at radius 2 is 1.95 bits per heavy atom. The highest BCUT2D eigenvalue weighted by molar-refractivity contribution is 5.78. The third-order valence-corrected chi connectivity index (χ3v) is 4.46. The maximum absolute atomic E-state index is 12.0. The zero-order valence-corrected chi connectivity index (χ0v) is 12.0. The molecule has 3 N–H and O–H groups in total. The number of piperidine rings is 1. The fourth-order valence-corrected chi connectivity index (χ4v) is 2.55. The Morgan fingerprint density at radius 1 is 1.37 bits per heavy atom. The van der Waals surface area contributed by atoms with Crippen LogP contribution < -0.4 is 5.73 Å². The topological polar surface area (TPSA) is 83.6 Å². The van der Waals surface area contributed by atoms with Gasteiger partial charge in [-0.2, -0.15) is 0 Å². The normalized spacial score (nSPS) is 20.1. The number of hydrogen-bond donors (Lipinski definition) is 2. The Labute approximate surface area is 115 Å². The SMILES string of the molecule is CCC1(C(=O)O)CCN(C(=O)CCC(C)CN)CC1. The molecule has 1 fully saturated rings. The summed E-state index contributed by atoms with van der Waals surface area (Å²) in [6.07, 6.45) is 3.09. The summed E-state index contributed by atoms with van der Waals surface area (Å²) in [5.41, 5.74) is 4.91. The molecule has 1 aliphatic heterocycles. The van der Waals surface area contributed by atoms with Crippen LogP contribution >= 0.6 is 0 Å². The number of carboxylic acid groups (broad SMARTS) is 1. The molecule has 0 aromatic rings. The lowest BCUT2D eigenvalue weighted by Gasteiger charge is -2.38. The van der Waals surface area contributed by atoms with E-state index in [0.29, 0.717) is 51.2 Å². The van der Waals surface area contributed by atoms with Crippen molar-refractivity contribution in [1.82, 2.24) is 4.90 Å². The lowest BCUT2D eigenvalue weighted by Crippen LogP contribution is -2.46. The number of nitrogens with two attached hydrogens (primary N) is 1. The number of carbonyl (C=O) groups excluding carboxylic acids is 1. The van der Waals surface area contributed by atoms with Crippen molar-refractivity contribution < 1.29 is 14.7 Å². The molecule has 1 heterocycles. The van der Waals surface area contributed by atoms with E-state index in [1.807, 2.05) is 13.8 Å². The Bertz CT molecular complexity index is 323. The highest BCUT2D eigenvalue weighted by Crippen LogP contribution is 2.35. The molecule has 1 rings (SSSR count). The number of carbonyl (C=O) groups is 2. The van der Waals surface area contributed by atoms with Gasteiger partial charge in [-0.15, -0.1) is 0 Å². The average Bonchev–Trinajstić information content (AvgIpc) is 2.44. The van der Waals surface area contributed by atoms with E-state index in [2.05, 4.69) is 0 Å². The second-order valence-corrected chi connectivity index (χ2v) is 5.70. The van der Waals surface area contributed by atoms with Gasteiger partial charge in [-0.1, -0.05) is 13.8 Å². The van der Waals surface area contributed by atoms with E-state index in [1.165, 1.54) is 0 Å². The number of likely N-dealkylation sites (tertiary alicyclic amines) is 1. The summed E-state index contributed by atoms with van der Waals surface area (Å²) in [6, 6.07) is 0. The van der Waals surface area contributed by atoms with Crippen LogP contribution in [0.15, 0.2) is 0 Å². The Balaban J connectivity index is 2.45. The highest BCUT2D eigenvalue weighted by atomic mass is 16.4. The van der Waals surface area contributed by atoms with Crippen molar-refractivity contribution in [3.63, 3.8) is 0 Å². The van der Waals surface area contributed by atoms with Crippen molar-refractivity contribution >= 4 is 11.9 Å². The number of aliphatic carboxylic acids is 1. The van der Waals surface area contributed by atoms with E-state index in [9.17, 15) is 14.7 Å². The van der Waals surface area contributed by atoms with Gasteiger partial charge in [0.05, 0.1) is 5.41 Å². The molecule has 110 valence electrons. The van der Waals surface area contributed by atoms with Crippen LogP contribution in [0.4, 0.5) is 0 Å². The molecule has 5 nitrogen and oxygen atoms in total. The van der Waals surface area contributed by atoms with Crippen LogP contribution in [0.2, 0.25) is 0 Å². The van der Waals surface area contributed by atoms with Gasteiger partial charge in [0.1, 0.15) is 0 Å². The minimum Gasteiger partial charge on any atom is -0.481 e. The number of rotatable bonds is 6. The van der Waals surface area contributed by atoms with Gasteiger partial charge >= 0.3 is 5.97 Å².